The number of carbonyl (C=O) groups is 1. The molecule has 0 aliphatic carbocycles. The summed E-state index contributed by atoms with van der Waals surface area (Å²) in [5.74, 6) is 0.760. The smallest absolute Gasteiger partial charge is 0.224 e. The Labute approximate surface area is 136 Å². The van der Waals surface area contributed by atoms with Gasteiger partial charge in [-0.15, -0.1) is 0 Å². The number of amides is 1. The predicted molar refractivity (Wildman–Crippen MR) is 89.1 cm³/mol. The minimum atomic E-state index is -0.330. The number of rotatable bonds is 7. The van der Waals surface area contributed by atoms with Crippen LogP contribution in [-0.2, 0) is 11.2 Å². The van der Waals surface area contributed by atoms with Crippen LogP contribution in [0.4, 0.5) is 4.39 Å². The van der Waals surface area contributed by atoms with E-state index in [2.05, 4.69) is 19.2 Å². The van der Waals surface area contributed by atoms with Crippen LogP contribution < -0.4 is 10.1 Å². The molecule has 4 heteroatoms. The molecule has 0 fully saturated rings. The first-order valence-electron chi connectivity index (χ1n) is 7.79. The van der Waals surface area contributed by atoms with Crippen LogP contribution in [0.5, 0.6) is 5.75 Å². The van der Waals surface area contributed by atoms with E-state index in [1.54, 1.807) is 12.1 Å². The lowest BCUT2D eigenvalue weighted by Gasteiger charge is -2.14. The van der Waals surface area contributed by atoms with Crippen LogP contribution in [0.1, 0.15) is 30.9 Å². The van der Waals surface area contributed by atoms with Crippen molar-refractivity contribution in [3.8, 4) is 5.75 Å². The van der Waals surface area contributed by atoms with Crippen LogP contribution in [0.2, 0.25) is 0 Å². The molecule has 0 spiro atoms. The molecule has 0 saturated carbocycles. The molecule has 1 amide bonds. The highest BCUT2D eigenvalue weighted by molar-refractivity contribution is 5.78. The zero-order valence-corrected chi connectivity index (χ0v) is 13.5. The van der Waals surface area contributed by atoms with E-state index in [1.807, 2.05) is 24.3 Å². The fourth-order valence-electron chi connectivity index (χ4n) is 2.34. The Morgan fingerprint density at radius 1 is 1.17 bits per heavy atom. The molecule has 0 aliphatic heterocycles. The van der Waals surface area contributed by atoms with Gasteiger partial charge in [-0.1, -0.05) is 44.2 Å². The van der Waals surface area contributed by atoms with Gasteiger partial charge in [0.05, 0.1) is 13.0 Å². The second kappa shape index (κ2) is 8.32. The number of para-hydroxylation sites is 1. The summed E-state index contributed by atoms with van der Waals surface area (Å²) in [6, 6.07) is 14.0. The fourth-order valence-corrected chi connectivity index (χ4v) is 2.34. The minimum Gasteiger partial charge on any atom is -0.491 e. The highest BCUT2D eigenvalue weighted by atomic mass is 19.1. The van der Waals surface area contributed by atoms with Crippen LogP contribution in [0.15, 0.2) is 48.5 Å². The van der Waals surface area contributed by atoms with Gasteiger partial charge in [-0.3, -0.25) is 4.79 Å². The maximum atomic E-state index is 13.1. The zero-order valence-electron chi connectivity index (χ0n) is 13.5. The van der Waals surface area contributed by atoms with E-state index in [-0.39, 0.29) is 18.1 Å². The molecule has 0 atom stereocenters. The molecule has 0 aliphatic rings. The van der Waals surface area contributed by atoms with Crippen LogP contribution in [0.3, 0.4) is 0 Å². The Balaban J connectivity index is 1.76. The van der Waals surface area contributed by atoms with Gasteiger partial charge < -0.3 is 10.1 Å². The maximum absolute atomic E-state index is 13.1. The summed E-state index contributed by atoms with van der Waals surface area (Å²) < 4.78 is 18.8. The molecule has 0 aromatic heterocycles. The number of nitrogens with one attached hydrogen (secondary N) is 1. The standard InChI is InChI=1S/C19H22FNO2/c1-14(2)17-8-3-4-9-18(17)23-11-10-21-19(22)13-15-6-5-7-16(20)12-15/h3-9,12,14H,10-11,13H2,1-2H3,(H,21,22). The largest absolute Gasteiger partial charge is 0.491 e. The number of hydrogen-bond acceptors (Lipinski definition) is 2. The summed E-state index contributed by atoms with van der Waals surface area (Å²) >= 11 is 0. The average molecular weight is 315 g/mol. The lowest BCUT2D eigenvalue weighted by molar-refractivity contribution is -0.120. The molecule has 0 heterocycles. The van der Waals surface area contributed by atoms with Gasteiger partial charge in [0.1, 0.15) is 18.2 Å². The molecule has 0 unspecified atom stereocenters. The number of benzene rings is 2. The second-order valence-corrected chi connectivity index (χ2v) is 5.70. The van der Waals surface area contributed by atoms with Gasteiger partial charge in [-0.2, -0.15) is 0 Å². The summed E-state index contributed by atoms with van der Waals surface area (Å²) in [4.78, 5) is 11.8. The van der Waals surface area contributed by atoms with Gasteiger partial charge in [0, 0.05) is 0 Å². The quantitative estimate of drug-likeness (QED) is 0.791. The van der Waals surface area contributed by atoms with Crippen LogP contribution in [0, 0.1) is 5.82 Å². The van der Waals surface area contributed by atoms with Crippen molar-refractivity contribution in [1.29, 1.82) is 0 Å². The maximum Gasteiger partial charge on any atom is 0.224 e. The average Bonchev–Trinajstić information content (AvgIpc) is 2.52. The lowest BCUT2D eigenvalue weighted by Crippen LogP contribution is -2.29. The second-order valence-electron chi connectivity index (χ2n) is 5.70. The number of halogens is 1. The van der Waals surface area contributed by atoms with Crippen LogP contribution >= 0.6 is 0 Å². The van der Waals surface area contributed by atoms with Crippen molar-refractivity contribution in [2.75, 3.05) is 13.2 Å². The summed E-state index contributed by atoms with van der Waals surface area (Å²) in [6.07, 6.45) is 0.167. The number of carbonyl (C=O) groups excluding carboxylic acids is 1. The Hall–Kier alpha value is -2.36. The summed E-state index contributed by atoms with van der Waals surface area (Å²) in [7, 11) is 0. The Kier molecular flexibility index (Phi) is 6.15. The molecule has 0 saturated heterocycles. The molecule has 0 radical (unpaired) electrons. The highest BCUT2D eigenvalue weighted by Crippen LogP contribution is 2.25. The molecule has 2 aromatic carbocycles. The fraction of sp³-hybridized carbons (Fsp3) is 0.316. The van der Waals surface area contributed by atoms with E-state index < -0.39 is 0 Å². The van der Waals surface area contributed by atoms with E-state index in [9.17, 15) is 9.18 Å². The summed E-state index contributed by atoms with van der Waals surface area (Å²) in [5, 5.41) is 2.78. The molecular weight excluding hydrogens is 293 g/mol. The van der Waals surface area contributed by atoms with E-state index in [1.165, 1.54) is 12.1 Å². The molecular formula is C19H22FNO2. The van der Waals surface area contributed by atoms with E-state index in [0.717, 1.165) is 11.3 Å². The minimum absolute atomic E-state index is 0.142. The third kappa shape index (κ3) is 5.40. The van der Waals surface area contributed by atoms with Gasteiger partial charge in [-0.25, -0.2) is 4.39 Å². The van der Waals surface area contributed by atoms with Crippen molar-refractivity contribution < 1.29 is 13.9 Å². The van der Waals surface area contributed by atoms with E-state index >= 15 is 0 Å². The molecule has 122 valence electrons. The van der Waals surface area contributed by atoms with Gasteiger partial charge in [-0.05, 0) is 35.2 Å². The van der Waals surface area contributed by atoms with E-state index in [4.69, 9.17) is 4.74 Å². The van der Waals surface area contributed by atoms with Crippen molar-refractivity contribution in [3.05, 3.63) is 65.5 Å². The molecule has 2 rings (SSSR count). The first kappa shape index (κ1) is 17.0. The van der Waals surface area contributed by atoms with Crippen molar-refractivity contribution >= 4 is 5.91 Å². The molecule has 2 aromatic rings. The number of hydrogen-bond donors (Lipinski definition) is 1. The molecule has 23 heavy (non-hydrogen) atoms. The third-order valence-corrected chi connectivity index (χ3v) is 3.48. The SMILES string of the molecule is CC(C)c1ccccc1OCCNC(=O)Cc1cccc(F)c1. The molecule has 0 bridgehead atoms. The molecule has 1 N–H and O–H groups in total. The summed E-state index contributed by atoms with van der Waals surface area (Å²) in [5.41, 5.74) is 1.81. The lowest BCUT2D eigenvalue weighted by atomic mass is 10.0. The van der Waals surface area contributed by atoms with Crippen LogP contribution in [0.25, 0.3) is 0 Å². The highest BCUT2D eigenvalue weighted by Gasteiger charge is 2.07. The number of ether oxygens (including phenoxy) is 1. The van der Waals surface area contributed by atoms with Gasteiger partial charge in [0.15, 0.2) is 0 Å². The summed E-state index contributed by atoms with van der Waals surface area (Å²) in [6.45, 7) is 5.05. The predicted octanol–water partition coefficient (Wildman–Crippen LogP) is 3.69. The zero-order chi connectivity index (χ0) is 16.7. The normalized spacial score (nSPS) is 10.6. The van der Waals surface area contributed by atoms with Crippen molar-refractivity contribution in [2.45, 2.75) is 26.2 Å². The van der Waals surface area contributed by atoms with Crippen molar-refractivity contribution in [3.63, 3.8) is 0 Å². The van der Waals surface area contributed by atoms with Crippen molar-refractivity contribution in [2.24, 2.45) is 0 Å². The van der Waals surface area contributed by atoms with E-state index in [0.29, 0.717) is 24.6 Å². The molecule has 3 nitrogen and oxygen atoms in total. The topological polar surface area (TPSA) is 38.3 Å². The Morgan fingerprint density at radius 3 is 2.70 bits per heavy atom. The van der Waals surface area contributed by atoms with Gasteiger partial charge >= 0.3 is 0 Å². The Bertz CT molecular complexity index is 655. The first-order chi connectivity index (χ1) is 11.1. The monoisotopic (exact) mass is 315 g/mol. The Morgan fingerprint density at radius 2 is 1.96 bits per heavy atom. The van der Waals surface area contributed by atoms with Crippen molar-refractivity contribution in [1.82, 2.24) is 5.32 Å². The van der Waals surface area contributed by atoms with Crippen LogP contribution in [-0.4, -0.2) is 19.1 Å². The third-order valence-electron chi connectivity index (χ3n) is 3.48. The van der Waals surface area contributed by atoms with Gasteiger partial charge in [0.25, 0.3) is 0 Å². The first-order valence-corrected chi connectivity index (χ1v) is 7.79. The van der Waals surface area contributed by atoms with Gasteiger partial charge in [0.2, 0.25) is 5.91 Å².